The summed E-state index contributed by atoms with van der Waals surface area (Å²) in [4.78, 5) is 2.41. The maximum absolute atomic E-state index is 5.74. The molecule has 1 aliphatic heterocycles. The van der Waals surface area contributed by atoms with Gasteiger partial charge in [-0.3, -0.25) is 4.90 Å². The predicted octanol–water partition coefficient (Wildman–Crippen LogP) is 3.70. The third-order valence-electron chi connectivity index (χ3n) is 4.60. The highest BCUT2D eigenvalue weighted by Gasteiger charge is 2.21. The van der Waals surface area contributed by atoms with Crippen molar-refractivity contribution in [3.8, 4) is 5.75 Å². The lowest BCUT2D eigenvalue weighted by Gasteiger charge is -2.35. The number of benzene rings is 1. The number of rotatable bonds is 9. The molecule has 1 saturated heterocycles. The first-order valence-corrected chi connectivity index (χ1v) is 9.26. The first kappa shape index (κ1) is 19.2. The van der Waals surface area contributed by atoms with Gasteiger partial charge in [-0.15, -0.1) is 0 Å². The third-order valence-corrected chi connectivity index (χ3v) is 4.60. The summed E-state index contributed by atoms with van der Waals surface area (Å²) < 4.78 is 17.2. The summed E-state index contributed by atoms with van der Waals surface area (Å²) in [5, 5.41) is 0. The SMILES string of the molecule is CCC(C)c1ccc(OCCOCCN2CC(C)OC(C)C2)cc1. The Morgan fingerprint density at radius 2 is 1.75 bits per heavy atom. The number of morpholine rings is 1. The van der Waals surface area contributed by atoms with Crippen LogP contribution in [0.15, 0.2) is 24.3 Å². The van der Waals surface area contributed by atoms with Crippen molar-refractivity contribution in [3.63, 3.8) is 0 Å². The van der Waals surface area contributed by atoms with Crippen LogP contribution in [0.25, 0.3) is 0 Å². The van der Waals surface area contributed by atoms with E-state index in [9.17, 15) is 0 Å². The zero-order chi connectivity index (χ0) is 17.4. The second-order valence-electron chi connectivity index (χ2n) is 6.86. The van der Waals surface area contributed by atoms with E-state index in [-0.39, 0.29) is 0 Å². The Bertz CT molecular complexity index is 452. The molecule has 4 nitrogen and oxygen atoms in total. The van der Waals surface area contributed by atoms with Gasteiger partial charge in [0.2, 0.25) is 0 Å². The van der Waals surface area contributed by atoms with Gasteiger partial charge in [0.1, 0.15) is 12.4 Å². The summed E-state index contributed by atoms with van der Waals surface area (Å²) in [5.74, 6) is 1.52. The maximum atomic E-state index is 5.74. The Balaban J connectivity index is 1.56. The van der Waals surface area contributed by atoms with Gasteiger partial charge in [-0.2, -0.15) is 0 Å². The Kier molecular flexibility index (Phi) is 8.03. The zero-order valence-electron chi connectivity index (χ0n) is 15.7. The normalized spacial score (nSPS) is 23.2. The molecule has 1 aromatic rings. The van der Waals surface area contributed by atoms with Crippen LogP contribution in [0, 0.1) is 0 Å². The number of hydrogen-bond donors (Lipinski definition) is 0. The smallest absolute Gasteiger partial charge is 0.119 e. The Labute approximate surface area is 147 Å². The molecule has 0 amide bonds. The van der Waals surface area contributed by atoms with Crippen LogP contribution >= 0.6 is 0 Å². The lowest BCUT2D eigenvalue weighted by Crippen LogP contribution is -2.46. The Morgan fingerprint density at radius 3 is 2.38 bits per heavy atom. The van der Waals surface area contributed by atoms with Gasteiger partial charge in [0.15, 0.2) is 0 Å². The molecular weight excluding hydrogens is 302 g/mol. The lowest BCUT2D eigenvalue weighted by atomic mass is 9.99. The van der Waals surface area contributed by atoms with Crippen molar-refractivity contribution in [2.24, 2.45) is 0 Å². The minimum absolute atomic E-state index is 0.315. The molecule has 0 aromatic heterocycles. The first-order valence-electron chi connectivity index (χ1n) is 9.26. The average molecular weight is 335 g/mol. The molecule has 0 bridgehead atoms. The molecule has 1 aromatic carbocycles. The van der Waals surface area contributed by atoms with Crippen LogP contribution in [-0.4, -0.2) is 56.6 Å². The van der Waals surface area contributed by atoms with Gasteiger partial charge in [-0.05, 0) is 43.9 Å². The van der Waals surface area contributed by atoms with Crippen molar-refractivity contribution in [1.82, 2.24) is 4.90 Å². The van der Waals surface area contributed by atoms with E-state index in [2.05, 4.69) is 56.9 Å². The van der Waals surface area contributed by atoms with Crippen LogP contribution in [0.3, 0.4) is 0 Å². The summed E-state index contributed by atoms with van der Waals surface area (Å²) in [7, 11) is 0. The van der Waals surface area contributed by atoms with E-state index in [0.717, 1.165) is 38.4 Å². The van der Waals surface area contributed by atoms with Gasteiger partial charge in [0.05, 0.1) is 25.4 Å². The monoisotopic (exact) mass is 335 g/mol. The van der Waals surface area contributed by atoms with E-state index in [1.54, 1.807) is 0 Å². The molecular formula is C20H33NO3. The number of ether oxygens (including phenoxy) is 3. The molecule has 1 heterocycles. The highest BCUT2D eigenvalue weighted by Crippen LogP contribution is 2.21. The predicted molar refractivity (Wildman–Crippen MR) is 97.9 cm³/mol. The fraction of sp³-hybridized carbons (Fsp3) is 0.700. The molecule has 136 valence electrons. The van der Waals surface area contributed by atoms with E-state index in [1.165, 1.54) is 5.56 Å². The molecule has 1 fully saturated rings. The summed E-state index contributed by atoms with van der Waals surface area (Å²) >= 11 is 0. The molecule has 0 radical (unpaired) electrons. The zero-order valence-corrected chi connectivity index (χ0v) is 15.7. The van der Waals surface area contributed by atoms with Crippen LogP contribution in [0.5, 0.6) is 5.75 Å². The van der Waals surface area contributed by atoms with Crippen molar-refractivity contribution in [2.75, 3.05) is 39.5 Å². The second-order valence-corrected chi connectivity index (χ2v) is 6.86. The molecule has 0 saturated carbocycles. The molecule has 3 atom stereocenters. The van der Waals surface area contributed by atoms with Crippen molar-refractivity contribution in [3.05, 3.63) is 29.8 Å². The van der Waals surface area contributed by atoms with E-state index in [1.807, 2.05) is 0 Å². The lowest BCUT2D eigenvalue weighted by molar-refractivity contribution is -0.0734. The second kappa shape index (κ2) is 10.0. The van der Waals surface area contributed by atoms with Crippen molar-refractivity contribution in [2.45, 2.75) is 52.2 Å². The number of nitrogens with zero attached hydrogens (tertiary/aromatic N) is 1. The topological polar surface area (TPSA) is 30.9 Å². The maximum Gasteiger partial charge on any atom is 0.119 e. The molecule has 2 rings (SSSR count). The van der Waals surface area contributed by atoms with Gasteiger partial charge in [0, 0.05) is 19.6 Å². The highest BCUT2D eigenvalue weighted by molar-refractivity contribution is 5.29. The third kappa shape index (κ3) is 6.42. The first-order chi connectivity index (χ1) is 11.6. The molecule has 0 spiro atoms. The largest absolute Gasteiger partial charge is 0.491 e. The fourth-order valence-corrected chi connectivity index (χ4v) is 3.11. The van der Waals surface area contributed by atoms with Crippen molar-refractivity contribution >= 4 is 0 Å². The van der Waals surface area contributed by atoms with Gasteiger partial charge in [-0.1, -0.05) is 26.0 Å². The van der Waals surface area contributed by atoms with E-state index in [0.29, 0.717) is 31.3 Å². The Morgan fingerprint density at radius 1 is 1.08 bits per heavy atom. The van der Waals surface area contributed by atoms with Crippen molar-refractivity contribution in [1.29, 1.82) is 0 Å². The quantitative estimate of drug-likeness (QED) is 0.644. The fourth-order valence-electron chi connectivity index (χ4n) is 3.11. The van der Waals surface area contributed by atoms with Gasteiger partial charge in [0.25, 0.3) is 0 Å². The number of hydrogen-bond acceptors (Lipinski definition) is 4. The van der Waals surface area contributed by atoms with Gasteiger partial charge >= 0.3 is 0 Å². The molecule has 4 heteroatoms. The van der Waals surface area contributed by atoms with Crippen LogP contribution in [0.2, 0.25) is 0 Å². The van der Waals surface area contributed by atoms with E-state index < -0.39 is 0 Å². The summed E-state index contributed by atoms with van der Waals surface area (Å²) in [5.41, 5.74) is 1.37. The summed E-state index contributed by atoms with van der Waals surface area (Å²) in [6, 6.07) is 8.42. The van der Waals surface area contributed by atoms with Crippen LogP contribution in [0.4, 0.5) is 0 Å². The van der Waals surface area contributed by atoms with Crippen LogP contribution in [0.1, 0.15) is 45.6 Å². The van der Waals surface area contributed by atoms with Crippen LogP contribution < -0.4 is 4.74 Å². The van der Waals surface area contributed by atoms with Gasteiger partial charge in [-0.25, -0.2) is 0 Å². The molecule has 0 N–H and O–H groups in total. The minimum Gasteiger partial charge on any atom is -0.491 e. The minimum atomic E-state index is 0.315. The summed E-state index contributed by atoms with van der Waals surface area (Å²) in [6.45, 7) is 13.6. The standard InChI is InChI=1S/C20H33NO3/c1-5-16(2)19-6-8-20(9-7-19)23-13-12-22-11-10-21-14-17(3)24-18(4)15-21/h6-9,16-18H,5,10-15H2,1-4H3. The van der Waals surface area contributed by atoms with Gasteiger partial charge < -0.3 is 14.2 Å². The molecule has 0 aliphatic carbocycles. The van der Waals surface area contributed by atoms with Crippen LogP contribution in [-0.2, 0) is 9.47 Å². The molecule has 1 aliphatic rings. The van der Waals surface area contributed by atoms with E-state index in [4.69, 9.17) is 14.2 Å². The highest BCUT2D eigenvalue weighted by atomic mass is 16.5. The van der Waals surface area contributed by atoms with Crippen molar-refractivity contribution < 1.29 is 14.2 Å². The summed E-state index contributed by atoms with van der Waals surface area (Å²) in [6.07, 6.45) is 1.79. The Hall–Kier alpha value is -1.10. The average Bonchev–Trinajstić information content (AvgIpc) is 2.57. The molecule has 3 unspecified atom stereocenters. The molecule has 24 heavy (non-hydrogen) atoms. The van der Waals surface area contributed by atoms with E-state index >= 15 is 0 Å².